The van der Waals surface area contributed by atoms with E-state index in [4.69, 9.17) is 0 Å². The third-order valence-electron chi connectivity index (χ3n) is 3.68. The van der Waals surface area contributed by atoms with Crippen LogP contribution in [0.15, 0.2) is 18.2 Å². The molecule has 3 nitrogen and oxygen atoms in total. The van der Waals surface area contributed by atoms with Crippen molar-refractivity contribution in [3.05, 3.63) is 34.9 Å². The molecular weight excluding hydrogens is 258 g/mol. The van der Waals surface area contributed by atoms with Crippen LogP contribution in [0, 0.1) is 0 Å². The summed E-state index contributed by atoms with van der Waals surface area (Å²) in [6, 6.07) is 6.37. The van der Waals surface area contributed by atoms with E-state index in [0.29, 0.717) is 6.54 Å². The number of hydrogen-bond donors (Lipinski definition) is 1. The van der Waals surface area contributed by atoms with Crippen LogP contribution >= 0.6 is 0 Å². The second kappa shape index (κ2) is 6.53. The molecule has 0 unspecified atom stereocenters. The van der Waals surface area contributed by atoms with Crippen LogP contribution < -0.4 is 4.72 Å². The van der Waals surface area contributed by atoms with Crippen LogP contribution in [0.2, 0.25) is 0 Å². The summed E-state index contributed by atoms with van der Waals surface area (Å²) in [5.74, 6) is 0.231. The smallest absolute Gasteiger partial charge is 0.211 e. The second-order valence-corrected chi connectivity index (χ2v) is 7.23. The Hall–Kier alpha value is -0.870. The quantitative estimate of drug-likeness (QED) is 0.871. The lowest BCUT2D eigenvalue weighted by atomic mass is 9.90. The Morgan fingerprint density at radius 3 is 2.63 bits per heavy atom. The van der Waals surface area contributed by atoms with E-state index >= 15 is 0 Å². The Bertz CT molecular complexity index is 523. The van der Waals surface area contributed by atoms with E-state index in [1.165, 1.54) is 24.0 Å². The maximum absolute atomic E-state index is 11.7. The van der Waals surface area contributed by atoms with Gasteiger partial charge in [0.15, 0.2) is 0 Å². The fourth-order valence-corrected chi connectivity index (χ4v) is 3.70. The number of aryl methyl sites for hydroxylation is 2. The summed E-state index contributed by atoms with van der Waals surface area (Å²) < 4.78 is 26.2. The van der Waals surface area contributed by atoms with Gasteiger partial charge in [-0.25, -0.2) is 13.1 Å². The number of hydrogen-bond acceptors (Lipinski definition) is 2. The van der Waals surface area contributed by atoms with Crippen molar-refractivity contribution in [3.8, 4) is 0 Å². The van der Waals surface area contributed by atoms with Crippen LogP contribution in [-0.2, 0) is 29.4 Å². The highest BCUT2D eigenvalue weighted by molar-refractivity contribution is 7.89. The summed E-state index contributed by atoms with van der Waals surface area (Å²) in [5, 5.41) is 0. The minimum Gasteiger partial charge on any atom is -0.212 e. The minimum absolute atomic E-state index is 0.231. The van der Waals surface area contributed by atoms with Crippen molar-refractivity contribution in [1.82, 2.24) is 4.72 Å². The SMILES string of the molecule is CCCCS(=O)(=O)NCc1ccc2c(c1)CCCC2. The van der Waals surface area contributed by atoms with Crippen molar-refractivity contribution in [2.45, 2.75) is 52.0 Å². The molecule has 1 aliphatic rings. The van der Waals surface area contributed by atoms with Crippen molar-refractivity contribution < 1.29 is 8.42 Å². The van der Waals surface area contributed by atoms with Crippen molar-refractivity contribution >= 4 is 10.0 Å². The Morgan fingerprint density at radius 1 is 1.16 bits per heavy atom. The first-order chi connectivity index (χ1) is 9.11. The maximum atomic E-state index is 11.7. The Morgan fingerprint density at radius 2 is 1.89 bits per heavy atom. The highest BCUT2D eigenvalue weighted by atomic mass is 32.2. The average molecular weight is 281 g/mol. The van der Waals surface area contributed by atoms with E-state index in [0.717, 1.165) is 31.2 Å². The number of sulfonamides is 1. The number of rotatable bonds is 6. The predicted octanol–water partition coefficient (Wildman–Crippen LogP) is 2.78. The van der Waals surface area contributed by atoms with Gasteiger partial charge in [0.25, 0.3) is 0 Å². The van der Waals surface area contributed by atoms with Gasteiger partial charge in [0.05, 0.1) is 5.75 Å². The van der Waals surface area contributed by atoms with Crippen LogP contribution in [0.5, 0.6) is 0 Å². The van der Waals surface area contributed by atoms with Crippen molar-refractivity contribution in [2.24, 2.45) is 0 Å². The molecule has 0 atom stereocenters. The monoisotopic (exact) mass is 281 g/mol. The van der Waals surface area contributed by atoms with Gasteiger partial charge in [-0.1, -0.05) is 31.5 Å². The van der Waals surface area contributed by atoms with Gasteiger partial charge in [-0.05, 0) is 48.8 Å². The molecule has 19 heavy (non-hydrogen) atoms. The van der Waals surface area contributed by atoms with Crippen LogP contribution in [0.3, 0.4) is 0 Å². The molecule has 0 spiro atoms. The molecular formula is C15H23NO2S. The molecule has 0 heterocycles. The highest BCUT2D eigenvalue weighted by Gasteiger charge is 2.12. The third-order valence-corrected chi connectivity index (χ3v) is 5.09. The third kappa shape index (κ3) is 4.32. The van der Waals surface area contributed by atoms with E-state index < -0.39 is 10.0 Å². The molecule has 0 saturated heterocycles. The minimum atomic E-state index is -3.11. The zero-order valence-corrected chi connectivity index (χ0v) is 12.4. The van der Waals surface area contributed by atoms with Crippen LogP contribution in [0.4, 0.5) is 0 Å². The molecule has 0 saturated carbocycles. The normalized spacial score (nSPS) is 15.2. The van der Waals surface area contributed by atoms with Crippen molar-refractivity contribution in [1.29, 1.82) is 0 Å². The molecule has 0 amide bonds. The zero-order chi connectivity index (χ0) is 13.7. The van der Waals surface area contributed by atoms with Crippen LogP contribution in [0.1, 0.15) is 49.3 Å². The summed E-state index contributed by atoms with van der Waals surface area (Å²) >= 11 is 0. The Labute approximate surface area is 116 Å². The average Bonchev–Trinajstić information content (AvgIpc) is 2.43. The molecule has 0 aromatic heterocycles. The maximum Gasteiger partial charge on any atom is 0.211 e. The summed E-state index contributed by atoms with van der Waals surface area (Å²) in [4.78, 5) is 0. The van der Waals surface area contributed by atoms with Crippen molar-refractivity contribution in [2.75, 3.05) is 5.75 Å². The van der Waals surface area contributed by atoms with E-state index in [-0.39, 0.29) is 5.75 Å². The van der Waals surface area contributed by atoms with E-state index in [1.807, 2.05) is 13.0 Å². The fourth-order valence-electron chi connectivity index (χ4n) is 2.50. The molecule has 1 aromatic rings. The van der Waals surface area contributed by atoms with Crippen LogP contribution in [0.25, 0.3) is 0 Å². The first-order valence-corrected chi connectivity index (χ1v) is 8.84. The molecule has 1 aliphatic carbocycles. The van der Waals surface area contributed by atoms with Gasteiger partial charge >= 0.3 is 0 Å². The summed E-state index contributed by atoms with van der Waals surface area (Å²) in [5.41, 5.74) is 3.90. The van der Waals surface area contributed by atoms with Crippen LogP contribution in [-0.4, -0.2) is 14.2 Å². The van der Waals surface area contributed by atoms with Gasteiger partial charge in [-0.3, -0.25) is 0 Å². The van der Waals surface area contributed by atoms with Gasteiger partial charge in [0, 0.05) is 6.54 Å². The number of fused-ring (bicyclic) bond motifs is 1. The summed E-state index contributed by atoms with van der Waals surface area (Å²) in [7, 11) is -3.11. The topological polar surface area (TPSA) is 46.2 Å². The molecule has 1 aromatic carbocycles. The number of benzene rings is 1. The Balaban J connectivity index is 1.96. The first kappa shape index (κ1) is 14.5. The van der Waals surface area contributed by atoms with Gasteiger partial charge in [0.1, 0.15) is 0 Å². The Kier molecular flexibility index (Phi) is 4.99. The lowest BCUT2D eigenvalue weighted by molar-refractivity contribution is 0.578. The predicted molar refractivity (Wildman–Crippen MR) is 78.6 cm³/mol. The first-order valence-electron chi connectivity index (χ1n) is 7.19. The van der Waals surface area contributed by atoms with Crippen molar-refractivity contribution in [3.63, 3.8) is 0 Å². The largest absolute Gasteiger partial charge is 0.212 e. The molecule has 0 bridgehead atoms. The molecule has 0 aliphatic heterocycles. The second-order valence-electron chi connectivity index (χ2n) is 5.30. The van der Waals surface area contributed by atoms with E-state index in [1.54, 1.807) is 0 Å². The highest BCUT2D eigenvalue weighted by Crippen LogP contribution is 2.22. The molecule has 2 rings (SSSR count). The zero-order valence-electron chi connectivity index (χ0n) is 11.6. The summed E-state index contributed by atoms with van der Waals surface area (Å²) in [6.45, 7) is 2.42. The molecule has 106 valence electrons. The van der Waals surface area contributed by atoms with Gasteiger partial charge in [-0.2, -0.15) is 0 Å². The molecule has 0 fully saturated rings. The lowest BCUT2D eigenvalue weighted by Gasteiger charge is -2.16. The van der Waals surface area contributed by atoms with Gasteiger partial charge < -0.3 is 0 Å². The van der Waals surface area contributed by atoms with E-state index in [2.05, 4.69) is 16.9 Å². The number of unbranched alkanes of at least 4 members (excludes halogenated alkanes) is 1. The molecule has 0 radical (unpaired) electrons. The standard InChI is InChI=1S/C15H23NO2S/c1-2-3-10-19(17,18)16-12-13-8-9-14-6-4-5-7-15(14)11-13/h8-9,11,16H,2-7,10,12H2,1H3. The summed E-state index contributed by atoms with van der Waals surface area (Å²) in [6.07, 6.45) is 6.44. The number of nitrogens with one attached hydrogen (secondary N) is 1. The lowest BCUT2D eigenvalue weighted by Crippen LogP contribution is -2.26. The molecule has 1 N–H and O–H groups in total. The van der Waals surface area contributed by atoms with Gasteiger partial charge in [-0.15, -0.1) is 0 Å². The molecule has 4 heteroatoms. The fraction of sp³-hybridized carbons (Fsp3) is 0.600. The van der Waals surface area contributed by atoms with Gasteiger partial charge in [0.2, 0.25) is 10.0 Å². The van der Waals surface area contributed by atoms with E-state index in [9.17, 15) is 8.42 Å².